The molecule has 0 atom stereocenters. The molecule has 0 fully saturated rings. The molecule has 1 heterocycles. The van der Waals surface area contributed by atoms with Crippen molar-refractivity contribution < 1.29 is 13.0 Å². The van der Waals surface area contributed by atoms with E-state index in [0.717, 1.165) is 0 Å². The van der Waals surface area contributed by atoms with E-state index in [1.165, 1.54) is 4.31 Å². The number of rotatable bonds is 6. The Balaban J connectivity index is 2.49. The van der Waals surface area contributed by atoms with Gasteiger partial charge in [0.15, 0.2) is 5.52 Å². The maximum absolute atomic E-state index is 12.9. The topological polar surface area (TPSA) is 76.3 Å². The Morgan fingerprint density at radius 3 is 2.29 bits per heavy atom. The minimum absolute atomic E-state index is 0.155. The lowest BCUT2D eigenvalue weighted by atomic mass is 10.2. The fourth-order valence-electron chi connectivity index (χ4n) is 2.21. The Morgan fingerprint density at radius 2 is 1.71 bits per heavy atom. The van der Waals surface area contributed by atoms with Crippen molar-refractivity contribution in [3.63, 3.8) is 0 Å². The molecule has 7 heteroatoms. The maximum Gasteiger partial charge on any atom is 0.245 e. The van der Waals surface area contributed by atoms with Crippen molar-refractivity contribution in [1.29, 1.82) is 0 Å². The highest BCUT2D eigenvalue weighted by atomic mass is 32.2. The predicted molar refractivity (Wildman–Crippen MR) is 80.2 cm³/mol. The normalized spacial score (nSPS) is 12.9. The summed E-state index contributed by atoms with van der Waals surface area (Å²) in [6, 6.07) is 4.89. The van der Waals surface area contributed by atoms with Crippen molar-refractivity contribution in [2.45, 2.75) is 32.6 Å². The van der Waals surface area contributed by atoms with E-state index in [1.54, 1.807) is 18.2 Å². The Morgan fingerprint density at radius 1 is 1.10 bits per heavy atom. The largest absolute Gasteiger partial charge is 0.245 e. The van der Waals surface area contributed by atoms with Gasteiger partial charge in [0, 0.05) is 13.1 Å². The van der Waals surface area contributed by atoms with Crippen LogP contribution < -0.4 is 0 Å². The van der Waals surface area contributed by atoms with E-state index in [2.05, 4.69) is 14.9 Å². The molecule has 0 aliphatic rings. The van der Waals surface area contributed by atoms with Gasteiger partial charge >= 0.3 is 0 Å². The predicted octanol–water partition coefficient (Wildman–Crippen LogP) is 2.53. The molecule has 0 saturated carbocycles. The van der Waals surface area contributed by atoms with Crippen molar-refractivity contribution >= 4 is 21.1 Å². The van der Waals surface area contributed by atoms with Gasteiger partial charge in [0.2, 0.25) is 10.0 Å². The first kappa shape index (κ1) is 15.9. The highest BCUT2D eigenvalue weighted by Crippen LogP contribution is 2.24. The molecule has 0 N–H and O–H groups in total. The van der Waals surface area contributed by atoms with E-state index in [0.29, 0.717) is 18.6 Å². The number of sulfonamides is 1. The molecule has 1 aromatic heterocycles. The van der Waals surface area contributed by atoms with Crippen LogP contribution in [0.25, 0.3) is 11.0 Å². The second-order valence-corrected chi connectivity index (χ2v) is 7.90. The van der Waals surface area contributed by atoms with Crippen LogP contribution >= 0.6 is 0 Å². The zero-order valence-electron chi connectivity index (χ0n) is 12.8. The monoisotopic (exact) mass is 311 g/mol. The van der Waals surface area contributed by atoms with Gasteiger partial charge in [0.05, 0.1) is 0 Å². The standard InChI is InChI=1S/C14H21N3O3S/c1-10(2)8-17(9-11(3)4)21(18,19)13-7-5-6-12-14(13)16-20-15-12/h5-7,10-11H,8-9H2,1-4H3. The third-order valence-electron chi connectivity index (χ3n) is 3.00. The lowest BCUT2D eigenvalue weighted by molar-refractivity contribution is 0.314. The van der Waals surface area contributed by atoms with Gasteiger partial charge in [-0.1, -0.05) is 33.8 Å². The van der Waals surface area contributed by atoms with Crippen LogP contribution in [0, 0.1) is 11.8 Å². The molecule has 6 nitrogen and oxygen atoms in total. The van der Waals surface area contributed by atoms with Crippen LogP contribution in [0.2, 0.25) is 0 Å². The quantitative estimate of drug-likeness (QED) is 0.819. The number of fused-ring (bicyclic) bond motifs is 1. The molecule has 0 aliphatic heterocycles. The molecule has 116 valence electrons. The van der Waals surface area contributed by atoms with Gasteiger partial charge in [0.25, 0.3) is 0 Å². The number of hydrogen-bond donors (Lipinski definition) is 0. The highest BCUT2D eigenvalue weighted by molar-refractivity contribution is 7.89. The van der Waals surface area contributed by atoms with Gasteiger partial charge in [-0.2, -0.15) is 4.31 Å². The third kappa shape index (κ3) is 3.41. The first-order valence-corrected chi connectivity index (χ1v) is 8.47. The molecular formula is C14H21N3O3S. The van der Waals surface area contributed by atoms with Crippen LogP contribution in [0.5, 0.6) is 0 Å². The molecule has 0 amide bonds. The van der Waals surface area contributed by atoms with Crippen molar-refractivity contribution in [1.82, 2.24) is 14.6 Å². The van der Waals surface area contributed by atoms with Gasteiger partial charge in [-0.3, -0.25) is 0 Å². The summed E-state index contributed by atoms with van der Waals surface area (Å²) in [5, 5.41) is 7.44. The average molecular weight is 311 g/mol. The summed E-state index contributed by atoms with van der Waals surface area (Å²) >= 11 is 0. The first-order valence-electron chi connectivity index (χ1n) is 7.03. The van der Waals surface area contributed by atoms with Gasteiger partial charge < -0.3 is 0 Å². The lowest BCUT2D eigenvalue weighted by Gasteiger charge is -2.25. The van der Waals surface area contributed by atoms with Crippen molar-refractivity contribution in [2.24, 2.45) is 11.8 Å². The zero-order valence-corrected chi connectivity index (χ0v) is 13.6. The summed E-state index contributed by atoms with van der Waals surface area (Å²) < 4.78 is 32.0. The number of benzene rings is 1. The smallest absolute Gasteiger partial charge is 0.243 e. The van der Waals surface area contributed by atoms with E-state index in [4.69, 9.17) is 0 Å². The summed E-state index contributed by atoms with van der Waals surface area (Å²) in [7, 11) is -3.62. The Labute approximate surface area is 125 Å². The third-order valence-corrected chi connectivity index (χ3v) is 4.87. The van der Waals surface area contributed by atoms with Crippen LogP contribution in [0.3, 0.4) is 0 Å². The SMILES string of the molecule is CC(C)CN(CC(C)C)S(=O)(=O)c1cccc2nonc12. The zero-order chi connectivity index (χ0) is 15.6. The molecule has 0 saturated heterocycles. The Kier molecular flexibility index (Phi) is 4.63. The molecule has 0 aliphatic carbocycles. The average Bonchev–Trinajstić information content (AvgIpc) is 2.84. The van der Waals surface area contributed by atoms with Crippen molar-refractivity contribution in [3.8, 4) is 0 Å². The van der Waals surface area contributed by atoms with Crippen LogP contribution in [0.15, 0.2) is 27.7 Å². The molecule has 0 bridgehead atoms. The van der Waals surface area contributed by atoms with E-state index < -0.39 is 10.0 Å². The minimum atomic E-state index is -3.62. The summed E-state index contributed by atoms with van der Waals surface area (Å²) in [5.74, 6) is 0.487. The molecule has 1 aromatic carbocycles. The summed E-state index contributed by atoms with van der Waals surface area (Å²) in [6.45, 7) is 8.95. The van der Waals surface area contributed by atoms with Crippen LogP contribution in [0.4, 0.5) is 0 Å². The van der Waals surface area contributed by atoms with Crippen molar-refractivity contribution in [3.05, 3.63) is 18.2 Å². The first-order chi connectivity index (χ1) is 9.82. The van der Waals surface area contributed by atoms with E-state index in [1.807, 2.05) is 27.7 Å². The van der Waals surface area contributed by atoms with E-state index in [9.17, 15) is 8.42 Å². The molecule has 2 aromatic rings. The number of aromatic nitrogens is 2. The van der Waals surface area contributed by atoms with Crippen LogP contribution in [-0.4, -0.2) is 36.1 Å². The number of nitrogens with zero attached hydrogens (tertiary/aromatic N) is 3. The maximum atomic E-state index is 12.9. The second kappa shape index (κ2) is 6.11. The van der Waals surface area contributed by atoms with Gasteiger partial charge in [-0.15, -0.1) is 0 Å². The molecule has 0 radical (unpaired) electrons. The fourth-order valence-corrected chi connectivity index (χ4v) is 4.12. The van der Waals surface area contributed by atoms with E-state index >= 15 is 0 Å². The molecule has 2 rings (SSSR count). The summed E-state index contributed by atoms with van der Waals surface area (Å²) in [6.07, 6.45) is 0. The van der Waals surface area contributed by atoms with Gasteiger partial charge in [0.1, 0.15) is 10.4 Å². The van der Waals surface area contributed by atoms with Crippen LogP contribution in [0.1, 0.15) is 27.7 Å². The lowest BCUT2D eigenvalue weighted by Crippen LogP contribution is -2.37. The van der Waals surface area contributed by atoms with Gasteiger partial charge in [-0.05, 0) is 34.3 Å². The van der Waals surface area contributed by atoms with E-state index in [-0.39, 0.29) is 22.2 Å². The molecule has 21 heavy (non-hydrogen) atoms. The second-order valence-electron chi connectivity index (χ2n) is 6.00. The minimum Gasteiger partial charge on any atom is -0.243 e. The molecule has 0 unspecified atom stereocenters. The number of hydrogen-bond acceptors (Lipinski definition) is 5. The summed E-state index contributed by atoms with van der Waals surface area (Å²) in [4.78, 5) is 0.155. The molecule has 0 spiro atoms. The molecular weight excluding hydrogens is 290 g/mol. The van der Waals surface area contributed by atoms with Gasteiger partial charge in [-0.25, -0.2) is 13.0 Å². The Bertz CT molecular complexity index is 697. The Hall–Kier alpha value is -1.47. The highest BCUT2D eigenvalue weighted by Gasteiger charge is 2.28. The van der Waals surface area contributed by atoms with Crippen LogP contribution in [-0.2, 0) is 10.0 Å². The van der Waals surface area contributed by atoms with Crippen molar-refractivity contribution in [2.75, 3.05) is 13.1 Å². The fraction of sp³-hybridized carbons (Fsp3) is 0.571. The summed E-state index contributed by atoms with van der Waals surface area (Å²) in [5.41, 5.74) is 0.736.